The molecule has 1 saturated carbocycles. The van der Waals surface area contributed by atoms with E-state index in [0.29, 0.717) is 28.8 Å². The number of hydrogen-bond acceptors (Lipinski definition) is 0. The standard InChI is InChI=1S/C13H15Cl2F/c1-13(8-14,10-2-3-10)7-9-6-11(15)4-5-12(9)16/h4-6,10H,2-3,7-8H2,1H3. The van der Waals surface area contributed by atoms with Gasteiger partial charge in [0.15, 0.2) is 0 Å². The van der Waals surface area contributed by atoms with Gasteiger partial charge in [0, 0.05) is 10.9 Å². The van der Waals surface area contributed by atoms with E-state index < -0.39 is 0 Å². The zero-order valence-electron chi connectivity index (χ0n) is 9.27. The summed E-state index contributed by atoms with van der Waals surface area (Å²) in [4.78, 5) is 0. The number of alkyl halides is 1. The van der Waals surface area contributed by atoms with Gasteiger partial charge in [0.2, 0.25) is 0 Å². The molecule has 0 bridgehead atoms. The van der Waals surface area contributed by atoms with Crippen molar-refractivity contribution >= 4 is 23.2 Å². The van der Waals surface area contributed by atoms with Gasteiger partial charge in [-0.3, -0.25) is 0 Å². The van der Waals surface area contributed by atoms with Crippen molar-refractivity contribution in [1.29, 1.82) is 0 Å². The SMILES string of the molecule is CC(CCl)(Cc1cc(Cl)ccc1F)C1CC1. The van der Waals surface area contributed by atoms with Crippen molar-refractivity contribution in [3.63, 3.8) is 0 Å². The second-order valence-electron chi connectivity index (χ2n) is 4.97. The van der Waals surface area contributed by atoms with E-state index in [1.165, 1.54) is 18.9 Å². The number of halogens is 3. The smallest absolute Gasteiger partial charge is 0.126 e. The van der Waals surface area contributed by atoms with Crippen LogP contribution in [0.3, 0.4) is 0 Å². The van der Waals surface area contributed by atoms with Crippen LogP contribution in [0.25, 0.3) is 0 Å². The molecule has 0 nitrogen and oxygen atoms in total. The summed E-state index contributed by atoms with van der Waals surface area (Å²) < 4.78 is 13.6. The van der Waals surface area contributed by atoms with Crippen LogP contribution in [0.15, 0.2) is 18.2 Å². The van der Waals surface area contributed by atoms with Gasteiger partial charge in [0.05, 0.1) is 0 Å². The molecule has 1 fully saturated rings. The fourth-order valence-electron chi connectivity index (χ4n) is 2.19. The van der Waals surface area contributed by atoms with Gasteiger partial charge in [-0.25, -0.2) is 4.39 Å². The second kappa shape index (κ2) is 4.54. The Morgan fingerprint density at radius 2 is 2.12 bits per heavy atom. The van der Waals surface area contributed by atoms with Crippen LogP contribution in [0.1, 0.15) is 25.3 Å². The quantitative estimate of drug-likeness (QED) is 0.690. The molecule has 0 radical (unpaired) electrons. The zero-order valence-corrected chi connectivity index (χ0v) is 10.8. The molecule has 0 heterocycles. The first kappa shape index (κ1) is 12.2. The van der Waals surface area contributed by atoms with E-state index in [0.717, 1.165) is 0 Å². The van der Waals surface area contributed by atoms with Crippen LogP contribution in [0.5, 0.6) is 0 Å². The number of hydrogen-bond donors (Lipinski definition) is 0. The van der Waals surface area contributed by atoms with Crippen molar-refractivity contribution in [3.8, 4) is 0 Å². The third kappa shape index (κ3) is 2.52. The van der Waals surface area contributed by atoms with Gasteiger partial charge in [-0.1, -0.05) is 18.5 Å². The maximum atomic E-state index is 13.6. The lowest BCUT2D eigenvalue weighted by Gasteiger charge is -2.27. The van der Waals surface area contributed by atoms with Crippen molar-refractivity contribution in [2.24, 2.45) is 11.3 Å². The molecule has 2 rings (SSSR count). The first-order chi connectivity index (χ1) is 7.55. The topological polar surface area (TPSA) is 0 Å². The zero-order chi connectivity index (χ0) is 11.8. The molecule has 88 valence electrons. The summed E-state index contributed by atoms with van der Waals surface area (Å²) in [6, 6.07) is 4.72. The molecular formula is C13H15Cl2F. The number of benzene rings is 1. The van der Waals surface area contributed by atoms with Gasteiger partial charge in [0.25, 0.3) is 0 Å². The van der Waals surface area contributed by atoms with E-state index in [2.05, 4.69) is 6.92 Å². The molecule has 1 aromatic carbocycles. The van der Waals surface area contributed by atoms with E-state index in [1.807, 2.05) is 0 Å². The summed E-state index contributed by atoms with van der Waals surface area (Å²) in [7, 11) is 0. The summed E-state index contributed by atoms with van der Waals surface area (Å²) >= 11 is 11.9. The highest BCUT2D eigenvalue weighted by molar-refractivity contribution is 6.30. The van der Waals surface area contributed by atoms with Crippen LogP contribution >= 0.6 is 23.2 Å². The minimum atomic E-state index is -0.179. The normalized spacial score (nSPS) is 19.5. The summed E-state index contributed by atoms with van der Waals surface area (Å²) in [5.74, 6) is 1.04. The Labute approximate surface area is 106 Å². The Hall–Kier alpha value is -0.270. The minimum absolute atomic E-state index is 0.00702. The molecule has 0 amide bonds. The third-order valence-corrected chi connectivity index (χ3v) is 4.32. The Morgan fingerprint density at radius 1 is 1.44 bits per heavy atom. The molecule has 0 spiro atoms. The first-order valence-corrected chi connectivity index (χ1v) is 6.46. The van der Waals surface area contributed by atoms with Gasteiger partial charge in [-0.15, -0.1) is 11.6 Å². The Kier molecular flexibility index (Phi) is 3.46. The average Bonchev–Trinajstić information content (AvgIpc) is 3.07. The molecule has 0 aromatic heterocycles. The van der Waals surface area contributed by atoms with Crippen molar-refractivity contribution in [3.05, 3.63) is 34.6 Å². The summed E-state index contributed by atoms with van der Waals surface area (Å²) in [5.41, 5.74) is 0.690. The summed E-state index contributed by atoms with van der Waals surface area (Å²) in [6.45, 7) is 2.14. The van der Waals surface area contributed by atoms with Gasteiger partial charge < -0.3 is 0 Å². The molecule has 0 N–H and O–H groups in total. The second-order valence-corrected chi connectivity index (χ2v) is 5.68. The highest BCUT2D eigenvalue weighted by Gasteiger charge is 2.41. The fraction of sp³-hybridized carbons (Fsp3) is 0.538. The van der Waals surface area contributed by atoms with Crippen LogP contribution in [-0.4, -0.2) is 5.88 Å². The van der Waals surface area contributed by atoms with Gasteiger partial charge in [-0.2, -0.15) is 0 Å². The van der Waals surface area contributed by atoms with E-state index in [-0.39, 0.29) is 11.2 Å². The molecule has 1 aromatic rings. The van der Waals surface area contributed by atoms with E-state index >= 15 is 0 Å². The summed E-state index contributed by atoms with van der Waals surface area (Å²) in [5, 5.41) is 0.587. The van der Waals surface area contributed by atoms with Crippen molar-refractivity contribution in [1.82, 2.24) is 0 Å². The molecule has 0 aliphatic heterocycles. The Balaban J connectivity index is 2.21. The molecule has 1 unspecified atom stereocenters. The Morgan fingerprint density at radius 3 is 2.69 bits per heavy atom. The highest BCUT2D eigenvalue weighted by atomic mass is 35.5. The van der Waals surface area contributed by atoms with Crippen molar-refractivity contribution < 1.29 is 4.39 Å². The average molecular weight is 261 g/mol. The maximum Gasteiger partial charge on any atom is 0.126 e. The fourth-order valence-corrected chi connectivity index (χ4v) is 2.70. The summed E-state index contributed by atoms with van der Waals surface area (Å²) in [6.07, 6.45) is 3.10. The molecule has 3 heteroatoms. The van der Waals surface area contributed by atoms with Crippen LogP contribution < -0.4 is 0 Å². The predicted octanol–water partition coefficient (Wildman–Crippen LogP) is 4.68. The molecule has 0 saturated heterocycles. The van der Waals surface area contributed by atoms with Crippen LogP contribution in [0.4, 0.5) is 4.39 Å². The van der Waals surface area contributed by atoms with Crippen LogP contribution in [-0.2, 0) is 6.42 Å². The van der Waals surface area contributed by atoms with E-state index in [9.17, 15) is 4.39 Å². The number of rotatable bonds is 4. The lowest BCUT2D eigenvalue weighted by molar-refractivity contribution is 0.309. The monoisotopic (exact) mass is 260 g/mol. The lowest BCUT2D eigenvalue weighted by Crippen LogP contribution is -2.24. The van der Waals surface area contributed by atoms with Gasteiger partial charge in [-0.05, 0) is 54.4 Å². The molecule has 1 aliphatic rings. The van der Waals surface area contributed by atoms with Crippen LogP contribution in [0.2, 0.25) is 5.02 Å². The third-order valence-electron chi connectivity index (χ3n) is 3.47. The Bertz CT molecular complexity index is 388. The molecule has 16 heavy (non-hydrogen) atoms. The van der Waals surface area contributed by atoms with Crippen LogP contribution in [0, 0.1) is 17.2 Å². The van der Waals surface area contributed by atoms with Gasteiger partial charge >= 0.3 is 0 Å². The van der Waals surface area contributed by atoms with E-state index in [1.54, 1.807) is 12.1 Å². The molecule has 1 aliphatic carbocycles. The predicted molar refractivity (Wildman–Crippen MR) is 66.7 cm³/mol. The van der Waals surface area contributed by atoms with Crippen molar-refractivity contribution in [2.45, 2.75) is 26.2 Å². The first-order valence-electron chi connectivity index (χ1n) is 5.55. The largest absolute Gasteiger partial charge is 0.207 e. The van der Waals surface area contributed by atoms with Gasteiger partial charge in [0.1, 0.15) is 5.82 Å². The maximum absolute atomic E-state index is 13.6. The minimum Gasteiger partial charge on any atom is -0.207 e. The van der Waals surface area contributed by atoms with Crippen molar-refractivity contribution in [2.75, 3.05) is 5.88 Å². The lowest BCUT2D eigenvalue weighted by atomic mass is 9.81. The molecule has 1 atom stereocenters. The van der Waals surface area contributed by atoms with E-state index in [4.69, 9.17) is 23.2 Å². The molecular weight excluding hydrogens is 246 g/mol. The highest BCUT2D eigenvalue weighted by Crippen LogP contribution is 2.48.